The van der Waals surface area contributed by atoms with Crippen molar-refractivity contribution in [2.75, 3.05) is 0 Å². The molecule has 0 aliphatic heterocycles. The minimum absolute atomic E-state index is 0.0467. The van der Waals surface area contributed by atoms with E-state index < -0.39 is 43.0 Å². The van der Waals surface area contributed by atoms with Crippen molar-refractivity contribution in [2.24, 2.45) is 0 Å². The predicted octanol–water partition coefficient (Wildman–Crippen LogP) is 3.96. The Hall–Kier alpha value is -0.960. The van der Waals surface area contributed by atoms with E-state index in [1.807, 2.05) is 0 Å². The SMILES string of the molecule is Cc1c(C(F)(F)F)ccc(C(F)(F)F)c1S(=O)(=O)Cl. The Kier molecular flexibility index (Phi) is 3.85. The van der Waals surface area contributed by atoms with Gasteiger partial charge in [0.15, 0.2) is 0 Å². The fourth-order valence-corrected chi connectivity index (χ4v) is 3.05. The summed E-state index contributed by atoms with van der Waals surface area (Å²) in [6.45, 7) is 0.618. The summed E-state index contributed by atoms with van der Waals surface area (Å²) >= 11 is 0. The van der Waals surface area contributed by atoms with Crippen LogP contribution in [0.25, 0.3) is 0 Å². The monoisotopic (exact) mass is 326 g/mol. The Morgan fingerprint density at radius 1 is 0.947 bits per heavy atom. The van der Waals surface area contributed by atoms with E-state index in [-0.39, 0.29) is 12.1 Å². The first-order valence-corrected chi connectivity index (χ1v) is 6.80. The summed E-state index contributed by atoms with van der Waals surface area (Å²) < 4.78 is 97.5. The van der Waals surface area contributed by atoms with Gasteiger partial charge in [0.2, 0.25) is 0 Å². The Balaban J connectivity index is 3.81. The van der Waals surface area contributed by atoms with Crippen molar-refractivity contribution in [3.63, 3.8) is 0 Å². The summed E-state index contributed by atoms with van der Waals surface area (Å²) in [7, 11) is -0.176. The maximum atomic E-state index is 12.6. The molecule has 0 atom stereocenters. The average Bonchev–Trinajstić information content (AvgIpc) is 2.11. The van der Waals surface area contributed by atoms with Crippen LogP contribution in [0.5, 0.6) is 0 Å². The van der Waals surface area contributed by atoms with Crippen LogP contribution in [0, 0.1) is 6.92 Å². The fraction of sp³-hybridized carbons (Fsp3) is 0.333. The fourth-order valence-electron chi connectivity index (χ4n) is 1.54. The molecule has 0 aromatic heterocycles. The summed E-state index contributed by atoms with van der Waals surface area (Å²) in [6, 6.07) is 0.217. The highest BCUT2D eigenvalue weighted by molar-refractivity contribution is 8.13. The molecule has 19 heavy (non-hydrogen) atoms. The van der Waals surface area contributed by atoms with Crippen molar-refractivity contribution < 1.29 is 34.8 Å². The van der Waals surface area contributed by atoms with Crippen LogP contribution >= 0.6 is 10.7 Å². The van der Waals surface area contributed by atoms with E-state index in [9.17, 15) is 34.8 Å². The molecule has 0 spiro atoms. The van der Waals surface area contributed by atoms with Gasteiger partial charge < -0.3 is 0 Å². The summed E-state index contributed by atoms with van der Waals surface area (Å²) in [5.41, 5.74) is -4.30. The molecule has 1 rings (SSSR count). The molecule has 0 bridgehead atoms. The van der Waals surface area contributed by atoms with Gasteiger partial charge in [-0.25, -0.2) is 8.42 Å². The van der Waals surface area contributed by atoms with Gasteiger partial charge in [0.25, 0.3) is 9.05 Å². The lowest BCUT2D eigenvalue weighted by atomic mass is 10.0. The van der Waals surface area contributed by atoms with Crippen LogP contribution in [0.15, 0.2) is 17.0 Å². The first-order valence-electron chi connectivity index (χ1n) is 4.49. The molecule has 1 aromatic rings. The van der Waals surface area contributed by atoms with Crippen molar-refractivity contribution in [1.82, 2.24) is 0 Å². The molecule has 0 amide bonds. The van der Waals surface area contributed by atoms with E-state index in [1.165, 1.54) is 0 Å². The number of benzene rings is 1. The molecule has 0 unspecified atom stereocenters. The van der Waals surface area contributed by atoms with Crippen LogP contribution in [0.3, 0.4) is 0 Å². The second-order valence-electron chi connectivity index (χ2n) is 3.55. The van der Waals surface area contributed by atoms with Gasteiger partial charge in [0.1, 0.15) is 0 Å². The Labute approximate surface area is 108 Å². The van der Waals surface area contributed by atoms with Gasteiger partial charge in [-0.1, -0.05) is 0 Å². The van der Waals surface area contributed by atoms with Gasteiger partial charge in [-0.2, -0.15) is 26.3 Å². The number of hydrogen-bond acceptors (Lipinski definition) is 2. The van der Waals surface area contributed by atoms with Crippen LogP contribution in [0.1, 0.15) is 16.7 Å². The lowest BCUT2D eigenvalue weighted by molar-refractivity contribution is -0.143. The van der Waals surface area contributed by atoms with Crippen LogP contribution in [-0.4, -0.2) is 8.42 Å². The first-order chi connectivity index (χ1) is 8.26. The van der Waals surface area contributed by atoms with Gasteiger partial charge in [-0.15, -0.1) is 0 Å². The number of halogens is 7. The maximum Gasteiger partial charge on any atom is 0.417 e. The van der Waals surface area contributed by atoms with E-state index >= 15 is 0 Å². The zero-order chi connectivity index (χ0) is 15.2. The van der Waals surface area contributed by atoms with Crippen molar-refractivity contribution in [3.05, 3.63) is 28.8 Å². The standard InChI is InChI=1S/C9H5ClF6O2S/c1-4-5(8(11,12)13)2-3-6(9(14,15)16)7(4)19(10,17)18/h2-3H,1H3. The molecule has 0 aliphatic carbocycles. The third-order valence-electron chi connectivity index (χ3n) is 2.26. The molecule has 10 heteroatoms. The quantitative estimate of drug-likeness (QED) is 0.578. The Morgan fingerprint density at radius 2 is 1.32 bits per heavy atom. The van der Waals surface area contributed by atoms with E-state index in [1.54, 1.807) is 0 Å². The minimum atomic E-state index is -5.13. The molecule has 108 valence electrons. The predicted molar refractivity (Wildman–Crippen MR) is 54.2 cm³/mol. The molecular weight excluding hydrogens is 322 g/mol. The summed E-state index contributed by atoms with van der Waals surface area (Å²) in [5.74, 6) is 0. The van der Waals surface area contributed by atoms with Crippen molar-refractivity contribution in [2.45, 2.75) is 24.2 Å². The number of alkyl halides is 6. The normalized spacial score (nSPS) is 13.7. The number of hydrogen-bond donors (Lipinski definition) is 0. The lowest BCUT2D eigenvalue weighted by Crippen LogP contribution is -2.16. The molecule has 0 fully saturated rings. The van der Waals surface area contributed by atoms with Gasteiger partial charge >= 0.3 is 12.4 Å². The zero-order valence-electron chi connectivity index (χ0n) is 9.03. The highest BCUT2D eigenvalue weighted by Gasteiger charge is 2.42. The van der Waals surface area contributed by atoms with E-state index in [0.29, 0.717) is 6.92 Å². The molecule has 0 saturated carbocycles. The average molecular weight is 327 g/mol. The molecule has 0 saturated heterocycles. The van der Waals surface area contributed by atoms with Gasteiger partial charge in [0.05, 0.1) is 16.0 Å². The largest absolute Gasteiger partial charge is 0.417 e. The second kappa shape index (κ2) is 4.55. The molecular formula is C9H5ClF6O2S. The highest BCUT2D eigenvalue weighted by atomic mass is 35.7. The zero-order valence-corrected chi connectivity index (χ0v) is 10.6. The van der Waals surface area contributed by atoms with Crippen LogP contribution in [0.2, 0.25) is 0 Å². The molecule has 0 N–H and O–H groups in total. The third kappa shape index (κ3) is 3.33. The highest BCUT2D eigenvalue weighted by Crippen LogP contribution is 2.41. The summed E-state index contributed by atoms with van der Waals surface area (Å²) in [4.78, 5) is -1.57. The molecule has 0 radical (unpaired) electrons. The molecule has 1 aromatic carbocycles. The van der Waals surface area contributed by atoms with Gasteiger partial charge in [-0.3, -0.25) is 0 Å². The van der Waals surface area contributed by atoms with E-state index in [0.717, 1.165) is 0 Å². The maximum absolute atomic E-state index is 12.6. The van der Waals surface area contributed by atoms with Crippen molar-refractivity contribution >= 4 is 19.7 Å². The van der Waals surface area contributed by atoms with Gasteiger partial charge in [0, 0.05) is 10.7 Å². The van der Waals surface area contributed by atoms with Gasteiger partial charge in [-0.05, 0) is 24.6 Å². The van der Waals surface area contributed by atoms with E-state index in [2.05, 4.69) is 0 Å². The number of rotatable bonds is 1. The molecule has 2 nitrogen and oxygen atoms in total. The molecule has 0 heterocycles. The Morgan fingerprint density at radius 3 is 1.63 bits per heavy atom. The summed E-state index contributed by atoms with van der Waals surface area (Å²) in [5, 5.41) is 0. The second-order valence-corrected chi connectivity index (χ2v) is 6.05. The summed E-state index contributed by atoms with van der Waals surface area (Å²) in [6.07, 6.45) is -10.1. The van der Waals surface area contributed by atoms with Crippen LogP contribution in [-0.2, 0) is 21.4 Å². The third-order valence-corrected chi connectivity index (χ3v) is 3.74. The van der Waals surface area contributed by atoms with Crippen LogP contribution < -0.4 is 0 Å². The van der Waals surface area contributed by atoms with Crippen LogP contribution in [0.4, 0.5) is 26.3 Å². The smallest absolute Gasteiger partial charge is 0.207 e. The van der Waals surface area contributed by atoms with Crippen molar-refractivity contribution in [3.8, 4) is 0 Å². The van der Waals surface area contributed by atoms with E-state index in [4.69, 9.17) is 10.7 Å². The minimum Gasteiger partial charge on any atom is -0.207 e. The first kappa shape index (κ1) is 16.1. The lowest BCUT2D eigenvalue weighted by Gasteiger charge is -2.17. The Bertz CT molecular complexity index is 602. The van der Waals surface area contributed by atoms with Crippen molar-refractivity contribution in [1.29, 1.82) is 0 Å². The topological polar surface area (TPSA) is 34.1 Å². The molecule has 0 aliphatic rings.